The number of aromatic amines is 1. The first-order valence-corrected chi connectivity index (χ1v) is 10.5. The molecule has 0 aliphatic carbocycles. The van der Waals surface area contributed by atoms with Crippen molar-refractivity contribution in [3.05, 3.63) is 77.6 Å². The summed E-state index contributed by atoms with van der Waals surface area (Å²) < 4.78 is 5.27. The molecule has 0 saturated carbocycles. The van der Waals surface area contributed by atoms with Crippen LogP contribution in [-0.2, 0) is 16.1 Å². The van der Waals surface area contributed by atoms with Gasteiger partial charge in [-0.1, -0.05) is 48.5 Å². The van der Waals surface area contributed by atoms with Crippen molar-refractivity contribution in [1.82, 2.24) is 15.3 Å². The van der Waals surface area contributed by atoms with Gasteiger partial charge in [-0.3, -0.25) is 9.59 Å². The standard InChI is InChI=1S/C25H23N3O5/c1-14(29)21-23-18(17-10-6-7-11-19(17)26-23)12-20(27-21)24(31)28-22(15(2)30)25(32)33-13-16-8-4-3-5-9-16/h3-12,15,22,26,30H,13H2,1-2H3,(H,28,31)/t15-,22+/m1/s1. The smallest absolute Gasteiger partial charge is 0.331 e. The lowest BCUT2D eigenvalue weighted by Crippen LogP contribution is -2.48. The average Bonchev–Trinajstić information content (AvgIpc) is 3.19. The van der Waals surface area contributed by atoms with E-state index in [1.165, 1.54) is 13.8 Å². The molecule has 0 bridgehead atoms. The van der Waals surface area contributed by atoms with E-state index in [9.17, 15) is 19.5 Å². The fraction of sp³-hybridized carbons (Fsp3) is 0.200. The van der Waals surface area contributed by atoms with Crippen molar-refractivity contribution in [1.29, 1.82) is 0 Å². The van der Waals surface area contributed by atoms with E-state index < -0.39 is 24.0 Å². The van der Waals surface area contributed by atoms with Gasteiger partial charge >= 0.3 is 5.97 Å². The van der Waals surface area contributed by atoms with E-state index in [0.717, 1.165) is 16.5 Å². The summed E-state index contributed by atoms with van der Waals surface area (Å²) in [6.07, 6.45) is -1.21. The third-order valence-corrected chi connectivity index (χ3v) is 5.31. The molecule has 0 aliphatic heterocycles. The van der Waals surface area contributed by atoms with Crippen LogP contribution >= 0.6 is 0 Å². The topological polar surface area (TPSA) is 121 Å². The maximum Gasteiger partial charge on any atom is 0.331 e. The second-order valence-electron chi connectivity index (χ2n) is 7.79. The van der Waals surface area contributed by atoms with Crippen LogP contribution in [0.3, 0.4) is 0 Å². The number of ketones is 1. The number of ether oxygens (including phenoxy) is 1. The Balaban J connectivity index is 1.61. The summed E-state index contributed by atoms with van der Waals surface area (Å²) >= 11 is 0. The Morgan fingerprint density at radius 1 is 1.06 bits per heavy atom. The summed E-state index contributed by atoms with van der Waals surface area (Å²) in [5.41, 5.74) is 2.20. The number of hydrogen-bond acceptors (Lipinski definition) is 6. The van der Waals surface area contributed by atoms with E-state index in [2.05, 4.69) is 15.3 Å². The number of nitrogens with one attached hydrogen (secondary N) is 2. The van der Waals surface area contributed by atoms with Crippen molar-refractivity contribution < 1.29 is 24.2 Å². The van der Waals surface area contributed by atoms with Crippen LogP contribution in [0.15, 0.2) is 60.7 Å². The van der Waals surface area contributed by atoms with Crippen molar-refractivity contribution in [2.24, 2.45) is 0 Å². The molecule has 0 unspecified atom stereocenters. The number of hydrogen-bond donors (Lipinski definition) is 3. The van der Waals surface area contributed by atoms with Crippen molar-refractivity contribution in [2.45, 2.75) is 32.6 Å². The molecule has 3 N–H and O–H groups in total. The number of Topliss-reactive ketones (excluding diaryl/α,β-unsaturated/α-hetero) is 1. The van der Waals surface area contributed by atoms with E-state index in [0.29, 0.717) is 10.9 Å². The van der Waals surface area contributed by atoms with Gasteiger partial charge in [0.15, 0.2) is 11.8 Å². The highest BCUT2D eigenvalue weighted by atomic mass is 16.5. The fourth-order valence-corrected chi connectivity index (χ4v) is 3.63. The summed E-state index contributed by atoms with van der Waals surface area (Å²) in [4.78, 5) is 45.2. The Labute approximate surface area is 189 Å². The number of amides is 1. The van der Waals surface area contributed by atoms with Gasteiger partial charge in [-0.15, -0.1) is 0 Å². The molecule has 0 aliphatic rings. The highest BCUT2D eigenvalue weighted by Gasteiger charge is 2.29. The minimum atomic E-state index is -1.30. The number of esters is 1. The van der Waals surface area contributed by atoms with E-state index in [-0.39, 0.29) is 23.8 Å². The van der Waals surface area contributed by atoms with Crippen LogP contribution in [0.2, 0.25) is 0 Å². The molecular weight excluding hydrogens is 422 g/mol. The van der Waals surface area contributed by atoms with Crippen LogP contribution in [0.4, 0.5) is 0 Å². The Hall–Kier alpha value is -4.04. The largest absolute Gasteiger partial charge is 0.459 e. The average molecular weight is 445 g/mol. The Kier molecular flexibility index (Phi) is 6.19. The van der Waals surface area contributed by atoms with Gasteiger partial charge < -0.3 is 20.1 Å². The van der Waals surface area contributed by atoms with Gasteiger partial charge in [0.2, 0.25) is 0 Å². The van der Waals surface area contributed by atoms with Crippen LogP contribution in [0, 0.1) is 0 Å². The van der Waals surface area contributed by atoms with E-state index in [1.54, 1.807) is 18.2 Å². The van der Waals surface area contributed by atoms with Crippen LogP contribution in [0.5, 0.6) is 0 Å². The lowest BCUT2D eigenvalue weighted by Gasteiger charge is -2.20. The summed E-state index contributed by atoms with van der Waals surface area (Å²) in [7, 11) is 0. The number of H-pyrrole nitrogens is 1. The normalized spacial score (nSPS) is 12.9. The number of para-hydroxylation sites is 1. The van der Waals surface area contributed by atoms with Crippen molar-refractivity contribution >= 4 is 39.5 Å². The lowest BCUT2D eigenvalue weighted by atomic mass is 10.1. The number of pyridine rings is 1. The summed E-state index contributed by atoms with van der Waals surface area (Å²) in [6.45, 7) is 2.76. The third kappa shape index (κ3) is 4.61. The molecule has 2 heterocycles. The first-order chi connectivity index (χ1) is 15.8. The quantitative estimate of drug-likeness (QED) is 0.297. The molecule has 2 atom stereocenters. The number of aliphatic hydroxyl groups excluding tert-OH is 1. The third-order valence-electron chi connectivity index (χ3n) is 5.31. The van der Waals surface area contributed by atoms with E-state index in [1.807, 2.05) is 42.5 Å². The Morgan fingerprint density at radius 3 is 2.45 bits per heavy atom. The van der Waals surface area contributed by atoms with Crippen molar-refractivity contribution in [3.63, 3.8) is 0 Å². The van der Waals surface area contributed by atoms with Crippen LogP contribution < -0.4 is 5.32 Å². The van der Waals surface area contributed by atoms with Crippen LogP contribution in [0.25, 0.3) is 21.8 Å². The lowest BCUT2D eigenvalue weighted by molar-refractivity contribution is -0.150. The number of rotatable bonds is 7. The van der Waals surface area contributed by atoms with Gasteiger partial charge in [-0.25, -0.2) is 9.78 Å². The molecule has 2 aromatic carbocycles. The first-order valence-electron chi connectivity index (χ1n) is 10.5. The number of nitrogens with zero attached hydrogens (tertiary/aromatic N) is 1. The molecular formula is C25H23N3O5. The molecule has 4 aromatic rings. The number of aliphatic hydroxyl groups is 1. The minimum absolute atomic E-state index is 0.00674. The minimum Gasteiger partial charge on any atom is -0.459 e. The number of aromatic nitrogens is 2. The zero-order valence-electron chi connectivity index (χ0n) is 18.2. The second kappa shape index (κ2) is 9.22. The SMILES string of the molecule is CC(=O)c1nc(C(=O)N[C@H](C(=O)OCc2ccccc2)[C@@H](C)O)cc2c1[nH]c1ccccc12. The van der Waals surface area contributed by atoms with Crippen molar-refractivity contribution in [2.75, 3.05) is 0 Å². The van der Waals surface area contributed by atoms with Gasteiger partial charge in [0.25, 0.3) is 5.91 Å². The molecule has 4 rings (SSSR count). The Morgan fingerprint density at radius 2 is 1.76 bits per heavy atom. The highest BCUT2D eigenvalue weighted by molar-refractivity contribution is 6.15. The predicted molar refractivity (Wildman–Crippen MR) is 123 cm³/mol. The maximum absolute atomic E-state index is 13.0. The van der Waals surface area contributed by atoms with Crippen LogP contribution in [0.1, 0.15) is 40.4 Å². The summed E-state index contributed by atoms with van der Waals surface area (Å²) in [6, 6.07) is 16.8. The molecule has 0 radical (unpaired) electrons. The van der Waals surface area contributed by atoms with Crippen LogP contribution in [-0.4, -0.2) is 44.9 Å². The molecule has 8 nitrogen and oxygen atoms in total. The van der Waals surface area contributed by atoms with Gasteiger partial charge in [-0.05, 0) is 24.6 Å². The molecule has 33 heavy (non-hydrogen) atoms. The first kappa shape index (κ1) is 22.2. The number of benzene rings is 2. The molecule has 0 saturated heterocycles. The molecule has 8 heteroatoms. The zero-order valence-corrected chi connectivity index (χ0v) is 18.2. The van der Waals surface area contributed by atoms with Gasteiger partial charge in [0, 0.05) is 23.2 Å². The number of carbonyl (C=O) groups is 3. The van der Waals surface area contributed by atoms with E-state index >= 15 is 0 Å². The van der Waals surface area contributed by atoms with E-state index in [4.69, 9.17) is 4.74 Å². The predicted octanol–water partition coefficient (Wildman–Crippen LogP) is 3.14. The monoisotopic (exact) mass is 445 g/mol. The summed E-state index contributed by atoms with van der Waals surface area (Å²) in [5, 5.41) is 14.1. The Bertz CT molecular complexity index is 1340. The van der Waals surface area contributed by atoms with Gasteiger partial charge in [0.05, 0.1) is 11.6 Å². The number of carbonyl (C=O) groups excluding carboxylic acids is 3. The van der Waals surface area contributed by atoms with Crippen molar-refractivity contribution in [3.8, 4) is 0 Å². The van der Waals surface area contributed by atoms with Gasteiger partial charge in [0.1, 0.15) is 18.0 Å². The molecule has 0 fully saturated rings. The fourth-order valence-electron chi connectivity index (χ4n) is 3.63. The van der Waals surface area contributed by atoms with Gasteiger partial charge in [-0.2, -0.15) is 0 Å². The second-order valence-corrected chi connectivity index (χ2v) is 7.79. The molecule has 2 aromatic heterocycles. The zero-order chi connectivity index (χ0) is 23.5. The summed E-state index contributed by atoms with van der Waals surface area (Å²) in [5.74, 6) is -1.79. The molecule has 0 spiro atoms. The highest BCUT2D eigenvalue weighted by Crippen LogP contribution is 2.28. The molecule has 1 amide bonds. The number of fused-ring (bicyclic) bond motifs is 3. The molecule has 168 valence electrons. The maximum atomic E-state index is 13.0.